The molecule has 4 fully saturated rings. The highest BCUT2D eigenvalue weighted by molar-refractivity contribution is 5.79. The lowest BCUT2D eigenvalue weighted by Gasteiger charge is -2.42. The lowest BCUT2D eigenvalue weighted by atomic mass is 9.82. The molecule has 5 nitrogen and oxygen atoms in total. The van der Waals surface area contributed by atoms with Crippen LogP contribution in [-0.2, 0) is 14.3 Å². The Morgan fingerprint density at radius 1 is 1.13 bits per heavy atom. The van der Waals surface area contributed by atoms with E-state index in [1.807, 2.05) is 0 Å². The Morgan fingerprint density at radius 3 is 2.70 bits per heavy atom. The van der Waals surface area contributed by atoms with Gasteiger partial charge in [-0.1, -0.05) is 6.42 Å². The maximum Gasteiger partial charge on any atom is 0.225 e. The van der Waals surface area contributed by atoms with Crippen molar-refractivity contribution in [3.05, 3.63) is 0 Å². The number of carbonyl (C=O) groups is 1. The Labute approximate surface area is 139 Å². The van der Waals surface area contributed by atoms with Crippen LogP contribution >= 0.6 is 0 Å². The molecule has 1 aliphatic carbocycles. The normalized spacial score (nSPS) is 36.3. The van der Waals surface area contributed by atoms with Gasteiger partial charge in [0.2, 0.25) is 5.91 Å². The van der Waals surface area contributed by atoms with E-state index >= 15 is 0 Å². The Kier molecular flexibility index (Phi) is 4.61. The van der Waals surface area contributed by atoms with E-state index in [1.54, 1.807) is 0 Å². The fraction of sp³-hybridized carbons (Fsp3) is 0.944. The van der Waals surface area contributed by atoms with Crippen LogP contribution in [0.5, 0.6) is 0 Å². The maximum atomic E-state index is 12.6. The van der Waals surface area contributed by atoms with Gasteiger partial charge in [0.05, 0.1) is 25.4 Å². The summed E-state index contributed by atoms with van der Waals surface area (Å²) in [5, 5.41) is 0. The summed E-state index contributed by atoms with van der Waals surface area (Å²) in [6.07, 6.45) is 6.78. The van der Waals surface area contributed by atoms with Gasteiger partial charge in [0, 0.05) is 38.6 Å². The third kappa shape index (κ3) is 3.42. The van der Waals surface area contributed by atoms with Crippen LogP contribution in [0.4, 0.5) is 0 Å². The zero-order valence-corrected chi connectivity index (χ0v) is 14.2. The Bertz CT molecular complexity index is 434. The van der Waals surface area contributed by atoms with E-state index in [1.165, 1.54) is 6.42 Å². The number of hydrogen-bond acceptors (Lipinski definition) is 4. The van der Waals surface area contributed by atoms with Crippen LogP contribution in [0.25, 0.3) is 0 Å². The molecule has 3 aliphatic heterocycles. The van der Waals surface area contributed by atoms with Crippen LogP contribution in [-0.4, -0.2) is 73.9 Å². The summed E-state index contributed by atoms with van der Waals surface area (Å²) in [7, 11) is 0. The second-order valence-electron chi connectivity index (χ2n) is 7.97. The maximum absolute atomic E-state index is 12.6. The number of rotatable bonds is 3. The number of piperidine rings is 1. The van der Waals surface area contributed by atoms with Gasteiger partial charge in [0.1, 0.15) is 0 Å². The molecule has 4 rings (SSSR count). The van der Waals surface area contributed by atoms with E-state index in [9.17, 15) is 4.79 Å². The average molecular weight is 322 g/mol. The molecule has 0 aromatic heterocycles. The Hall–Kier alpha value is -0.650. The van der Waals surface area contributed by atoms with Crippen molar-refractivity contribution in [1.82, 2.24) is 9.80 Å². The highest BCUT2D eigenvalue weighted by atomic mass is 16.5. The van der Waals surface area contributed by atoms with Crippen LogP contribution < -0.4 is 0 Å². The SMILES string of the molecule is O=C(C1CCC1)N1CCCC2(CC(CN3CCOCC3)CO2)C1. The van der Waals surface area contributed by atoms with E-state index in [0.29, 0.717) is 17.7 Å². The molecule has 1 saturated carbocycles. The van der Waals surface area contributed by atoms with Crippen molar-refractivity contribution >= 4 is 5.91 Å². The molecular formula is C18H30N2O3. The van der Waals surface area contributed by atoms with Crippen molar-refractivity contribution in [2.75, 3.05) is 52.5 Å². The third-order valence-corrected chi connectivity index (χ3v) is 6.21. The molecule has 0 aromatic carbocycles. The number of hydrogen-bond donors (Lipinski definition) is 0. The second kappa shape index (κ2) is 6.69. The van der Waals surface area contributed by atoms with Gasteiger partial charge in [-0.25, -0.2) is 0 Å². The smallest absolute Gasteiger partial charge is 0.225 e. The largest absolute Gasteiger partial charge is 0.379 e. The van der Waals surface area contributed by atoms with Crippen LogP contribution in [0.2, 0.25) is 0 Å². The van der Waals surface area contributed by atoms with Crippen molar-refractivity contribution in [2.24, 2.45) is 11.8 Å². The summed E-state index contributed by atoms with van der Waals surface area (Å²) in [5.41, 5.74) is -0.0470. The number of nitrogens with zero attached hydrogens (tertiary/aromatic N) is 2. The van der Waals surface area contributed by atoms with E-state index in [2.05, 4.69) is 9.80 Å². The number of morpholine rings is 1. The third-order valence-electron chi connectivity index (χ3n) is 6.21. The quantitative estimate of drug-likeness (QED) is 0.790. The first-order chi connectivity index (χ1) is 11.2. The highest BCUT2D eigenvalue weighted by Crippen LogP contribution is 2.39. The lowest BCUT2D eigenvalue weighted by Crippen LogP contribution is -2.52. The predicted octanol–water partition coefficient (Wildman–Crippen LogP) is 1.52. The molecule has 0 bridgehead atoms. The molecule has 4 aliphatic rings. The van der Waals surface area contributed by atoms with Crippen molar-refractivity contribution < 1.29 is 14.3 Å². The molecule has 2 unspecified atom stereocenters. The van der Waals surface area contributed by atoms with Crippen LogP contribution in [0, 0.1) is 11.8 Å². The zero-order chi connectivity index (χ0) is 15.7. The van der Waals surface area contributed by atoms with Gasteiger partial charge in [-0.2, -0.15) is 0 Å². The molecule has 0 radical (unpaired) electrons. The summed E-state index contributed by atoms with van der Waals surface area (Å²) in [4.78, 5) is 17.2. The number of likely N-dealkylation sites (tertiary alicyclic amines) is 1. The van der Waals surface area contributed by atoms with Gasteiger partial charge < -0.3 is 14.4 Å². The van der Waals surface area contributed by atoms with Crippen LogP contribution in [0.3, 0.4) is 0 Å². The summed E-state index contributed by atoms with van der Waals surface area (Å²) >= 11 is 0. The molecule has 3 saturated heterocycles. The lowest BCUT2D eigenvalue weighted by molar-refractivity contribution is -0.146. The monoisotopic (exact) mass is 322 g/mol. The van der Waals surface area contributed by atoms with E-state index < -0.39 is 0 Å². The van der Waals surface area contributed by atoms with Crippen LogP contribution in [0.15, 0.2) is 0 Å². The molecule has 0 aromatic rings. The summed E-state index contributed by atoms with van der Waals surface area (Å²) in [6, 6.07) is 0. The van der Waals surface area contributed by atoms with Crippen LogP contribution in [0.1, 0.15) is 38.5 Å². The summed E-state index contributed by atoms with van der Waals surface area (Å²) in [5.74, 6) is 1.33. The van der Waals surface area contributed by atoms with Gasteiger partial charge in [-0.3, -0.25) is 9.69 Å². The molecule has 23 heavy (non-hydrogen) atoms. The molecule has 2 atom stereocenters. The van der Waals surface area contributed by atoms with Gasteiger partial charge in [0.15, 0.2) is 0 Å². The topological polar surface area (TPSA) is 42.0 Å². The summed E-state index contributed by atoms with van der Waals surface area (Å²) < 4.78 is 11.7. The Balaban J connectivity index is 1.32. The first kappa shape index (κ1) is 15.9. The molecule has 1 spiro atoms. The first-order valence-electron chi connectivity index (χ1n) is 9.47. The molecule has 3 heterocycles. The Morgan fingerprint density at radius 2 is 1.96 bits per heavy atom. The molecule has 130 valence electrons. The van der Waals surface area contributed by atoms with Crippen molar-refractivity contribution in [1.29, 1.82) is 0 Å². The van der Waals surface area contributed by atoms with Gasteiger partial charge in [-0.05, 0) is 38.0 Å². The fourth-order valence-corrected chi connectivity index (χ4v) is 4.69. The minimum atomic E-state index is -0.0470. The number of carbonyl (C=O) groups excluding carboxylic acids is 1. The van der Waals surface area contributed by atoms with E-state index in [0.717, 1.165) is 84.6 Å². The van der Waals surface area contributed by atoms with E-state index in [4.69, 9.17) is 9.47 Å². The molecule has 1 amide bonds. The average Bonchev–Trinajstić information content (AvgIpc) is 2.88. The van der Waals surface area contributed by atoms with Crippen molar-refractivity contribution in [3.63, 3.8) is 0 Å². The second-order valence-corrected chi connectivity index (χ2v) is 7.97. The van der Waals surface area contributed by atoms with E-state index in [-0.39, 0.29) is 5.60 Å². The van der Waals surface area contributed by atoms with Gasteiger partial charge in [-0.15, -0.1) is 0 Å². The zero-order valence-electron chi connectivity index (χ0n) is 14.2. The fourth-order valence-electron chi connectivity index (χ4n) is 4.69. The first-order valence-corrected chi connectivity index (χ1v) is 9.47. The van der Waals surface area contributed by atoms with Crippen molar-refractivity contribution in [3.8, 4) is 0 Å². The predicted molar refractivity (Wildman–Crippen MR) is 87.2 cm³/mol. The molecular weight excluding hydrogens is 292 g/mol. The van der Waals surface area contributed by atoms with Crippen molar-refractivity contribution in [2.45, 2.75) is 44.1 Å². The minimum Gasteiger partial charge on any atom is -0.379 e. The van der Waals surface area contributed by atoms with Gasteiger partial charge >= 0.3 is 0 Å². The van der Waals surface area contributed by atoms with Gasteiger partial charge in [0.25, 0.3) is 0 Å². The molecule has 0 N–H and O–H groups in total. The molecule has 5 heteroatoms. The standard InChI is InChI=1S/C18H30N2O3/c21-17(16-3-1-4-16)20-6-2-5-18(14-20)11-15(13-23-18)12-19-7-9-22-10-8-19/h15-16H,1-14H2. The summed E-state index contributed by atoms with van der Waals surface area (Å²) in [6.45, 7) is 7.59. The highest BCUT2D eigenvalue weighted by Gasteiger charge is 2.45. The number of ether oxygens (including phenoxy) is 2. The minimum absolute atomic E-state index is 0.0470. The number of amides is 1.